The number of hydrogen-bond donors (Lipinski definition) is 1. The minimum atomic E-state index is -0.951. The predicted octanol–water partition coefficient (Wildman–Crippen LogP) is 5.47. The van der Waals surface area contributed by atoms with Gasteiger partial charge in [0, 0.05) is 19.9 Å². The van der Waals surface area contributed by atoms with Crippen LogP contribution in [0.1, 0.15) is 13.8 Å². The van der Waals surface area contributed by atoms with Crippen LogP contribution in [0.2, 0.25) is 0 Å². The lowest BCUT2D eigenvalue weighted by atomic mass is 10.2. The Labute approximate surface area is 132 Å². The highest BCUT2D eigenvalue weighted by atomic mass is 32.2. The summed E-state index contributed by atoms with van der Waals surface area (Å²) in [5.74, 6) is 0. The van der Waals surface area contributed by atoms with E-state index in [1.807, 2.05) is 36.4 Å². The van der Waals surface area contributed by atoms with Crippen molar-refractivity contribution in [3.8, 4) is 0 Å². The van der Waals surface area contributed by atoms with Crippen molar-refractivity contribution < 1.29 is 9.90 Å². The molecule has 0 radical (unpaired) electrons. The number of anilines is 2. The molecule has 3 nitrogen and oxygen atoms in total. The molecular weight excluding hydrogens is 302 g/mol. The molecule has 0 bridgehead atoms. The fourth-order valence-corrected chi connectivity index (χ4v) is 4.34. The lowest BCUT2D eigenvalue weighted by Gasteiger charge is -2.29. The molecule has 1 heterocycles. The number of carbonyl (C=O) groups is 1. The number of amides is 1. The van der Waals surface area contributed by atoms with Crippen molar-refractivity contribution in [1.29, 1.82) is 0 Å². The van der Waals surface area contributed by atoms with Crippen LogP contribution >= 0.6 is 23.5 Å². The maximum atomic E-state index is 11.7. The summed E-state index contributed by atoms with van der Waals surface area (Å²) in [7, 11) is 0. The van der Waals surface area contributed by atoms with E-state index < -0.39 is 6.09 Å². The normalized spacial score (nSPS) is 13.0. The molecule has 21 heavy (non-hydrogen) atoms. The van der Waals surface area contributed by atoms with Gasteiger partial charge < -0.3 is 5.11 Å². The Hall–Kier alpha value is -1.59. The molecule has 2 aromatic rings. The Morgan fingerprint density at radius 3 is 2.57 bits per heavy atom. The van der Waals surface area contributed by atoms with Gasteiger partial charge in [-0.15, -0.1) is 11.8 Å². The second-order valence-electron chi connectivity index (χ2n) is 4.98. The van der Waals surface area contributed by atoms with Crippen LogP contribution in [-0.2, 0) is 0 Å². The minimum absolute atomic E-state index is 0.500. The van der Waals surface area contributed by atoms with E-state index in [9.17, 15) is 9.90 Å². The average Bonchev–Trinajstić information content (AvgIpc) is 2.43. The maximum Gasteiger partial charge on any atom is 0.416 e. The van der Waals surface area contributed by atoms with E-state index in [0.29, 0.717) is 5.25 Å². The van der Waals surface area contributed by atoms with Crippen molar-refractivity contribution in [3.05, 3.63) is 42.5 Å². The van der Waals surface area contributed by atoms with E-state index in [2.05, 4.69) is 19.9 Å². The van der Waals surface area contributed by atoms with Gasteiger partial charge in [0.25, 0.3) is 0 Å². The van der Waals surface area contributed by atoms with E-state index in [0.717, 1.165) is 21.2 Å². The molecule has 0 fully saturated rings. The summed E-state index contributed by atoms with van der Waals surface area (Å²) in [6.45, 7) is 4.30. The van der Waals surface area contributed by atoms with Crippen LogP contribution in [0.15, 0.2) is 57.2 Å². The maximum absolute atomic E-state index is 11.7. The van der Waals surface area contributed by atoms with Gasteiger partial charge >= 0.3 is 6.09 Å². The standard InChI is InChI=1S/C16H15NO2S2/c1-10(2)20-11-7-8-13-15(9-11)21-14-6-4-3-5-12(14)17(13)16(18)19/h3-10H,1-2H3,(H,18,19). The highest BCUT2D eigenvalue weighted by Gasteiger charge is 2.27. The van der Waals surface area contributed by atoms with Gasteiger partial charge in [-0.2, -0.15) is 0 Å². The van der Waals surface area contributed by atoms with Crippen molar-refractivity contribution in [2.24, 2.45) is 0 Å². The number of carboxylic acid groups (broad SMARTS) is 1. The number of thioether (sulfide) groups is 1. The first-order valence-corrected chi connectivity index (χ1v) is 8.36. The van der Waals surface area contributed by atoms with Gasteiger partial charge in [-0.25, -0.2) is 9.69 Å². The van der Waals surface area contributed by atoms with Crippen LogP contribution in [0.3, 0.4) is 0 Å². The lowest BCUT2D eigenvalue weighted by molar-refractivity contribution is 0.204. The van der Waals surface area contributed by atoms with Gasteiger partial charge in [0.1, 0.15) is 0 Å². The van der Waals surface area contributed by atoms with Crippen LogP contribution in [0.25, 0.3) is 0 Å². The summed E-state index contributed by atoms with van der Waals surface area (Å²) >= 11 is 3.41. The summed E-state index contributed by atoms with van der Waals surface area (Å²) in [5, 5.41) is 10.1. The number of para-hydroxylation sites is 1. The Morgan fingerprint density at radius 2 is 1.86 bits per heavy atom. The summed E-state index contributed by atoms with van der Waals surface area (Å²) < 4.78 is 0. The molecule has 1 aliphatic heterocycles. The van der Waals surface area contributed by atoms with Gasteiger partial charge in [-0.3, -0.25) is 0 Å². The number of rotatable bonds is 2. The van der Waals surface area contributed by atoms with E-state index in [1.54, 1.807) is 23.5 Å². The number of nitrogens with zero attached hydrogens (tertiary/aromatic N) is 1. The summed E-state index contributed by atoms with van der Waals surface area (Å²) in [5.41, 5.74) is 1.46. The van der Waals surface area contributed by atoms with Crippen molar-refractivity contribution in [3.63, 3.8) is 0 Å². The topological polar surface area (TPSA) is 40.5 Å². The molecule has 108 valence electrons. The van der Waals surface area contributed by atoms with Gasteiger partial charge in [-0.1, -0.05) is 37.7 Å². The zero-order valence-corrected chi connectivity index (χ0v) is 13.4. The molecule has 1 N–H and O–H groups in total. The van der Waals surface area contributed by atoms with Crippen LogP contribution in [-0.4, -0.2) is 16.4 Å². The van der Waals surface area contributed by atoms with Crippen molar-refractivity contribution in [1.82, 2.24) is 0 Å². The minimum Gasteiger partial charge on any atom is -0.464 e. The molecule has 0 saturated heterocycles. The SMILES string of the molecule is CC(C)Sc1ccc2c(c1)Sc1ccccc1N2C(=O)O. The first-order valence-electron chi connectivity index (χ1n) is 6.67. The quantitative estimate of drug-likeness (QED) is 0.746. The first kappa shape index (κ1) is 14.4. The van der Waals surface area contributed by atoms with E-state index in [1.165, 1.54) is 9.80 Å². The third kappa shape index (κ3) is 2.76. The number of benzene rings is 2. The van der Waals surface area contributed by atoms with E-state index >= 15 is 0 Å². The zero-order valence-electron chi connectivity index (χ0n) is 11.7. The Morgan fingerprint density at radius 1 is 1.14 bits per heavy atom. The molecule has 2 aromatic carbocycles. The number of hydrogen-bond acceptors (Lipinski definition) is 3. The molecule has 3 rings (SSSR count). The molecule has 1 amide bonds. The third-order valence-corrected chi connectivity index (χ3v) is 5.17. The molecule has 5 heteroatoms. The van der Waals surface area contributed by atoms with Crippen molar-refractivity contribution in [2.45, 2.75) is 33.8 Å². The highest BCUT2D eigenvalue weighted by molar-refractivity contribution is 8.00. The predicted molar refractivity (Wildman–Crippen MR) is 88.2 cm³/mol. The highest BCUT2D eigenvalue weighted by Crippen LogP contribution is 2.49. The lowest BCUT2D eigenvalue weighted by Crippen LogP contribution is -2.26. The Kier molecular flexibility index (Phi) is 3.87. The molecular formula is C16H15NO2S2. The molecule has 1 aliphatic rings. The third-order valence-electron chi connectivity index (χ3n) is 3.06. The molecule has 0 atom stereocenters. The van der Waals surface area contributed by atoms with Gasteiger partial charge in [-0.05, 0) is 30.3 Å². The van der Waals surface area contributed by atoms with Gasteiger partial charge in [0.2, 0.25) is 0 Å². The molecule has 0 unspecified atom stereocenters. The van der Waals surface area contributed by atoms with Crippen LogP contribution in [0.4, 0.5) is 16.2 Å². The smallest absolute Gasteiger partial charge is 0.416 e. The average molecular weight is 317 g/mol. The van der Waals surface area contributed by atoms with Gasteiger partial charge in [0.05, 0.1) is 11.4 Å². The number of fused-ring (bicyclic) bond motifs is 2. The summed E-state index contributed by atoms with van der Waals surface area (Å²) in [4.78, 5) is 16.1. The Bertz CT molecular complexity index is 700. The summed E-state index contributed by atoms with van der Waals surface area (Å²) in [6, 6.07) is 13.6. The molecule has 0 aromatic heterocycles. The second-order valence-corrected chi connectivity index (χ2v) is 7.72. The van der Waals surface area contributed by atoms with E-state index in [-0.39, 0.29) is 0 Å². The molecule has 0 spiro atoms. The van der Waals surface area contributed by atoms with Crippen LogP contribution in [0, 0.1) is 0 Å². The van der Waals surface area contributed by atoms with Crippen molar-refractivity contribution >= 4 is 41.0 Å². The van der Waals surface area contributed by atoms with Crippen LogP contribution < -0.4 is 4.90 Å². The van der Waals surface area contributed by atoms with Crippen LogP contribution in [0.5, 0.6) is 0 Å². The van der Waals surface area contributed by atoms with Crippen molar-refractivity contribution in [2.75, 3.05) is 4.90 Å². The molecule has 0 aliphatic carbocycles. The zero-order chi connectivity index (χ0) is 15.0. The fourth-order valence-electron chi connectivity index (χ4n) is 2.29. The largest absolute Gasteiger partial charge is 0.464 e. The Balaban J connectivity index is 2.08. The summed E-state index contributed by atoms with van der Waals surface area (Å²) in [6.07, 6.45) is -0.951. The first-order chi connectivity index (χ1) is 10.1. The second kappa shape index (κ2) is 5.66. The van der Waals surface area contributed by atoms with Gasteiger partial charge in [0.15, 0.2) is 0 Å². The van der Waals surface area contributed by atoms with E-state index in [4.69, 9.17) is 0 Å². The fraction of sp³-hybridized carbons (Fsp3) is 0.188. The molecule has 0 saturated carbocycles. The monoisotopic (exact) mass is 317 g/mol.